The molecule has 1 fully saturated rings. The van der Waals surface area contributed by atoms with Crippen molar-refractivity contribution in [2.75, 3.05) is 39.4 Å². The molecule has 0 saturated carbocycles. The Bertz CT molecular complexity index is 781. The number of aryl methyl sites for hydroxylation is 1. The number of pyridine rings is 2. The van der Waals surface area contributed by atoms with E-state index in [1.54, 1.807) is 18.3 Å². The first-order valence-corrected chi connectivity index (χ1v) is 8.38. The second-order valence-electron chi connectivity index (χ2n) is 5.89. The van der Waals surface area contributed by atoms with Crippen LogP contribution in [-0.4, -0.2) is 54.9 Å². The molecule has 3 heterocycles. The quantitative estimate of drug-likeness (QED) is 0.741. The number of nitrogens with zero attached hydrogens (tertiary/aromatic N) is 2. The van der Waals surface area contributed by atoms with Gasteiger partial charge in [-0.25, -0.2) is 4.98 Å². The molecule has 0 radical (unpaired) electrons. The zero-order chi connectivity index (χ0) is 16.9. The molecule has 0 spiro atoms. The average molecular weight is 331 g/mol. The Morgan fingerprint density at radius 3 is 2.96 bits per heavy atom. The summed E-state index contributed by atoms with van der Waals surface area (Å²) in [7, 11) is 0. The number of carbonyl (C=O) groups excluding carboxylic acids is 1. The minimum atomic E-state index is -0.319. The maximum absolute atomic E-state index is 12.6. The number of aromatic nitrogens is 2. The van der Waals surface area contributed by atoms with Crippen molar-refractivity contribution in [2.45, 2.75) is 13.5 Å². The van der Waals surface area contributed by atoms with Crippen molar-refractivity contribution >= 4 is 16.9 Å². The zero-order valence-corrected chi connectivity index (χ0v) is 13.9. The van der Waals surface area contributed by atoms with Crippen LogP contribution >= 0.6 is 0 Å². The number of amides is 1. The van der Waals surface area contributed by atoms with Crippen LogP contribution in [0.15, 0.2) is 29.2 Å². The number of carbonyl (C=O) groups is 1. The fourth-order valence-corrected chi connectivity index (χ4v) is 3.02. The van der Waals surface area contributed by atoms with E-state index in [-0.39, 0.29) is 17.0 Å². The molecular weight excluding hydrogens is 308 g/mol. The predicted octanol–water partition coefficient (Wildman–Crippen LogP) is -0.939. The SMILES string of the molecule is CCn1c(=O)c(C(=O)NCC[NH+]2CCOCC2)cc2cccnc21. The monoisotopic (exact) mass is 331 g/mol. The highest BCUT2D eigenvalue weighted by Crippen LogP contribution is 2.10. The van der Waals surface area contributed by atoms with Gasteiger partial charge in [0.15, 0.2) is 0 Å². The molecular formula is C17H23N4O3+. The van der Waals surface area contributed by atoms with E-state index in [1.807, 2.05) is 13.0 Å². The third-order valence-electron chi connectivity index (χ3n) is 4.37. The van der Waals surface area contributed by atoms with Crippen molar-refractivity contribution < 1.29 is 14.4 Å². The third kappa shape index (κ3) is 3.47. The van der Waals surface area contributed by atoms with Gasteiger partial charge in [-0.3, -0.25) is 14.2 Å². The fraction of sp³-hybridized carbons (Fsp3) is 0.471. The van der Waals surface area contributed by atoms with Crippen LogP contribution in [0, 0.1) is 0 Å². The second-order valence-corrected chi connectivity index (χ2v) is 5.89. The van der Waals surface area contributed by atoms with Crippen molar-refractivity contribution in [3.8, 4) is 0 Å². The lowest BCUT2D eigenvalue weighted by molar-refractivity contribution is -0.906. The Morgan fingerprint density at radius 1 is 1.42 bits per heavy atom. The Hall–Kier alpha value is -2.25. The molecule has 1 saturated heterocycles. The standard InChI is InChI=1S/C17H22N4O3/c1-2-21-15-13(4-3-5-18-15)12-14(17(21)23)16(22)19-6-7-20-8-10-24-11-9-20/h3-5,12H,2,6-11H2,1H3,(H,19,22)/p+1. The highest BCUT2D eigenvalue weighted by Gasteiger charge is 2.17. The summed E-state index contributed by atoms with van der Waals surface area (Å²) < 4.78 is 6.86. The molecule has 0 atom stereocenters. The molecule has 128 valence electrons. The maximum Gasteiger partial charge on any atom is 0.265 e. The lowest BCUT2D eigenvalue weighted by atomic mass is 10.2. The topological polar surface area (TPSA) is 77.7 Å². The molecule has 1 aliphatic rings. The van der Waals surface area contributed by atoms with Crippen molar-refractivity contribution in [3.05, 3.63) is 40.3 Å². The number of rotatable bonds is 5. The van der Waals surface area contributed by atoms with Gasteiger partial charge in [0.05, 0.1) is 26.3 Å². The van der Waals surface area contributed by atoms with Gasteiger partial charge in [-0.05, 0) is 25.1 Å². The summed E-state index contributed by atoms with van der Waals surface area (Å²) in [6, 6.07) is 5.30. The Labute approximate surface area is 140 Å². The minimum Gasteiger partial charge on any atom is -0.370 e. The molecule has 0 aliphatic carbocycles. The summed E-state index contributed by atoms with van der Waals surface area (Å²) in [4.78, 5) is 30.7. The molecule has 2 aromatic rings. The maximum atomic E-state index is 12.6. The molecule has 1 aliphatic heterocycles. The lowest BCUT2D eigenvalue weighted by Crippen LogP contribution is -3.14. The van der Waals surface area contributed by atoms with Gasteiger partial charge >= 0.3 is 0 Å². The molecule has 2 aromatic heterocycles. The Kier molecular flexibility index (Phi) is 5.22. The van der Waals surface area contributed by atoms with E-state index < -0.39 is 0 Å². The molecule has 0 bridgehead atoms. The number of morpholine rings is 1. The number of hydrogen-bond acceptors (Lipinski definition) is 4. The number of hydrogen-bond donors (Lipinski definition) is 2. The van der Waals surface area contributed by atoms with Crippen LogP contribution in [0.4, 0.5) is 0 Å². The largest absolute Gasteiger partial charge is 0.370 e. The van der Waals surface area contributed by atoms with Crippen molar-refractivity contribution in [2.24, 2.45) is 0 Å². The van der Waals surface area contributed by atoms with Crippen molar-refractivity contribution in [1.29, 1.82) is 0 Å². The first-order chi connectivity index (χ1) is 11.7. The van der Waals surface area contributed by atoms with E-state index in [0.717, 1.165) is 38.2 Å². The van der Waals surface area contributed by atoms with Crippen molar-refractivity contribution in [3.63, 3.8) is 0 Å². The number of quaternary nitrogens is 1. The summed E-state index contributed by atoms with van der Waals surface area (Å²) in [6.45, 7) is 7.19. The van der Waals surface area contributed by atoms with Crippen LogP contribution in [0.25, 0.3) is 11.0 Å². The summed E-state index contributed by atoms with van der Waals surface area (Å²) in [5.41, 5.74) is 0.494. The lowest BCUT2D eigenvalue weighted by Gasteiger charge is -2.23. The van der Waals surface area contributed by atoms with Crippen molar-refractivity contribution in [1.82, 2.24) is 14.9 Å². The van der Waals surface area contributed by atoms with Gasteiger partial charge in [-0.2, -0.15) is 0 Å². The van der Waals surface area contributed by atoms with Crippen LogP contribution in [0.2, 0.25) is 0 Å². The number of nitrogens with one attached hydrogen (secondary N) is 2. The average Bonchev–Trinajstić information content (AvgIpc) is 2.62. The van der Waals surface area contributed by atoms with E-state index >= 15 is 0 Å². The van der Waals surface area contributed by atoms with Crippen LogP contribution in [0.1, 0.15) is 17.3 Å². The van der Waals surface area contributed by atoms with Gasteiger partial charge in [0.1, 0.15) is 24.3 Å². The molecule has 3 rings (SSSR count). The van der Waals surface area contributed by atoms with E-state index in [0.29, 0.717) is 18.7 Å². The fourth-order valence-electron chi connectivity index (χ4n) is 3.02. The number of fused-ring (bicyclic) bond motifs is 1. The Morgan fingerprint density at radius 2 is 2.21 bits per heavy atom. The summed E-state index contributed by atoms with van der Waals surface area (Å²) in [5, 5.41) is 3.66. The van der Waals surface area contributed by atoms with E-state index in [2.05, 4.69) is 10.3 Å². The molecule has 1 amide bonds. The predicted molar refractivity (Wildman–Crippen MR) is 90.4 cm³/mol. The van der Waals surface area contributed by atoms with Gasteiger partial charge < -0.3 is 15.0 Å². The normalized spacial score (nSPS) is 15.5. The smallest absolute Gasteiger partial charge is 0.265 e. The van der Waals surface area contributed by atoms with E-state index in [1.165, 1.54) is 9.47 Å². The highest BCUT2D eigenvalue weighted by atomic mass is 16.5. The van der Waals surface area contributed by atoms with E-state index in [4.69, 9.17) is 4.74 Å². The molecule has 0 aromatic carbocycles. The minimum absolute atomic E-state index is 0.175. The van der Waals surface area contributed by atoms with Crippen LogP contribution < -0.4 is 15.8 Å². The van der Waals surface area contributed by atoms with Gasteiger partial charge in [0, 0.05) is 18.1 Å². The summed E-state index contributed by atoms with van der Waals surface area (Å²) >= 11 is 0. The molecule has 24 heavy (non-hydrogen) atoms. The summed E-state index contributed by atoms with van der Waals surface area (Å²) in [5.74, 6) is -0.319. The first kappa shape index (κ1) is 16.6. The second kappa shape index (κ2) is 7.55. The molecule has 7 nitrogen and oxygen atoms in total. The Balaban J connectivity index is 1.74. The van der Waals surface area contributed by atoms with Gasteiger partial charge in [0.25, 0.3) is 11.5 Å². The van der Waals surface area contributed by atoms with Gasteiger partial charge in [0.2, 0.25) is 0 Å². The molecule has 2 N–H and O–H groups in total. The first-order valence-electron chi connectivity index (χ1n) is 8.38. The third-order valence-corrected chi connectivity index (χ3v) is 4.37. The van der Waals surface area contributed by atoms with Crippen LogP contribution in [0.5, 0.6) is 0 Å². The van der Waals surface area contributed by atoms with Crippen LogP contribution in [-0.2, 0) is 11.3 Å². The number of ether oxygens (including phenoxy) is 1. The zero-order valence-electron chi connectivity index (χ0n) is 13.9. The molecule has 7 heteroatoms. The van der Waals surface area contributed by atoms with Crippen LogP contribution in [0.3, 0.4) is 0 Å². The van der Waals surface area contributed by atoms with Gasteiger partial charge in [-0.15, -0.1) is 0 Å². The highest BCUT2D eigenvalue weighted by molar-refractivity contribution is 5.96. The van der Waals surface area contributed by atoms with Gasteiger partial charge in [-0.1, -0.05) is 0 Å². The molecule has 0 unspecified atom stereocenters. The van der Waals surface area contributed by atoms with E-state index in [9.17, 15) is 9.59 Å². The summed E-state index contributed by atoms with van der Waals surface area (Å²) in [6.07, 6.45) is 1.65.